The molecule has 16 nitrogen and oxygen atoms in total. The molecule has 1 saturated heterocycles. The van der Waals surface area contributed by atoms with Crippen molar-refractivity contribution in [1.82, 2.24) is 20.3 Å². The molecule has 2 aliphatic heterocycles. The highest BCUT2D eigenvalue weighted by Crippen LogP contribution is 2.46. The lowest BCUT2D eigenvalue weighted by Gasteiger charge is -2.30. The SMILES string of the molecule is CC(C)(C)OC(=O)N[C@H]1COCCCC=C[C@@H]2C[C@@]2(C(=O)NS(=O)(=O)C2CC2)NC(=O)[C@@H]2C[C@@H](OC(=O)Nc3ccc(Oc4ccccc4)cc3)CN2C1=O. The third-order valence-electron chi connectivity index (χ3n) is 9.47. The van der Waals surface area contributed by atoms with Crippen LogP contribution in [0, 0.1) is 5.92 Å². The highest BCUT2D eigenvalue weighted by Gasteiger charge is 2.62. The fourth-order valence-corrected chi connectivity index (χ4v) is 7.82. The Morgan fingerprint density at radius 1 is 0.982 bits per heavy atom. The first kappa shape index (κ1) is 39.5. The third kappa shape index (κ3) is 10.3. The van der Waals surface area contributed by atoms with E-state index in [9.17, 15) is 32.4 Å². The van der Waals surface area contributed by atoms with Crippen molar-refractivity contribution < 1.29 is 51.3 Å². The number of hydrogen-bond acceptors (Lipinski definition) is 11. The number of benzene rings is 2. The van der Waals surface area contributed by atoms with Crippen molar-refractivity contribution >= 4 is 45.6 Å². The fraction of sp³-hybridized carbons (Fsp3) is 0.500. The zero-order chi connectivity index (χ0) is 39.4. The average Bonchev–Trinajstić information content (AvgIpc) is 4.04. The second-order valence-electron chi connectivity index (χ2n) is 15.1. The molecular formula is C38H47N5O11S. The first-order valence-electron chi connectivity index (χ1n) is 18.3. The van der Waals surface area contributed by atoms with Crippen LogP contribution >= 0.6 is 0 Å². The van der Waals surface area contributed by atoms with Gasteiger partial charge in [-0.3, -0.25) is 24.4 Å². The third-order valence-corrected chi connectivity index (χ3v) is 11.3. The average molecular weight is 782 g/mol. The van der Waals surface area contributed by atoms with Crippen LogP contribution in [0.25, 0.3) is 0 Å². The van der Waals surface area contributed by atoms with Gasteiger partial charge in [0.25, 0.3) is 5.91 Å². The number of carbonyl (C=O) groups is 5. The molecule has 2 aliphatic carbocycles. The highest BCUT2D eigenvalue weighted by atomic mass is 32.2. The maximum absolute atomic E-state index is 14.2. The number of fused-ring (bicyclic) bond motifs is 2. The van der Waals surface area contributed by atoms with Gasteiger partial charge in [0.15, 0.2) is 0 Å². The topological polar surface area (TPSA) is 208 Å². The van der Waals surface area contributed by atoms with Crippen LogP contribution in [0.5, 0.6) is 11.5 Å². The van der Waals surface area contributed by atoms with Crippen LogP contribution < -0.4 is 25.4 Å². The summed E-state index contributed by atoms with van der Waals surface area (Å²) in [5.41, 5.74) is -2.06. The lowest BCUT2D eigenvalue weighted by Crippen LogP contribution is -2.59. The van der Waals surface area contributed by atoms with Crippen molar-refractivity contribution in [3.8, 4) is 11.5 Å². The Labute approximate surface area is 319 Å². The number of amides is 5. The highest BCUT2D eigenvalue weighted by molar-refractivity contribution is 7.91. The van der Waals surface area contributed by atoms with Crippen LogP contribution in [-0.4, -0.2) is 97.6 Å². The van der Waals surface area contributed by atoms with Gasteiger partial charge in [0.2, 0.25) is 21.8 Å². The van der Waals surface area contributed by atoms with E-state index in [1.54, 1.807) is 63.2 Å². The Balaban J connectivity index is 1.20. The molecule has 4 aliphatic rings. The summed E-state index contributed by atoms with van der Waals surface area (Å²) in [6.45, 7) is 4.76. The van der Waals surface area contributed by atoms with E-state index >= 15 is 0 Å². The van der Waals surface area contributed by atoms with Gasteiger partial charge in [-0.1, -0.05) is 30.4 Å². The molecule has 4 N–H and O–H groups in total. The maximum Gasteiger partial charge on any atom is 0.411 e. The second kappa shape index (κ2) is 16.3. The maximum atomic E-state index is 14.2. The van der Waals surface area contributed by atoms with Gasteiger partial charge in [-0.2, -0.15) is 0 Å². The Kier molecular flexibility index (Phi) is 11.7. The molecule has 17 heteroatoms. The van der Waals surface area contributed by atoms with Gasteiger partial charge in [-0.25, -0.2) is 18.0 Å². The van der Waals surface area contributed by atoms with E-state index in [2.05, 4.69) is 20.7 Å². The Bertz CT molecular complexity index is 1900. The molecule has 2 aromatic carbocycles. The summed E-state index contributed by atoms with van der Waals surface area (Å²) in [5.74, 6) is -1.65. The number of rotatable bonds is 8. The number of nitrogens with one attached hydrogen (secondary N) is 4. The molecular weight excluding hydrogens is 735 g/mol. The van der Waals surface area contributed by atoms with Crippen molar-refractivity contribution in [3.05, 3.63) is 66.7 Å². The van der Waals surface area contributed by atoms with E-state index in [0.717, 1.165) is 0 Å². The molecule has 2 heterocycles. The van der Waals surface area contributed by atoms with Crippen molar-refractivity contribution in [2.75, 3.05) is 25.1 Å². The van der Waals surface area contributed by atoms with Crippen LogP contribution in [0.1, 0.15) is 59.3 Å². The minimum absolute atomic E-state index is 0.138. The molecule has 2 saturated carbocycles. The number of allylic oxidation sites excluding steroid dienone is 1. The molecule has 2 aromatic rings. The standard InChI is InChI=1S/C38H47N5O11S/c1-37(2,3)54-36(48)40-30-23-51-19-9-5-6-10-24-21-38(24,34(46)42-55(49,50)29-17-18-29)41-32(44)31-20-28(22-43(31)33(30)45)53-35(47)39-25-13-15-27(16-14-25)52-26-11-7-4-8-12-26/h4,6-8,10-16,24,28-31H,5,9,17-23H2,1-3H3,(H,39,47)(H,40,48)(H,41,44)(H,42,46)/t24-,28-,30+,31+,38-/m1/s1. The molecule has 3 fully saturated rings. The number of anilines is 1. The number of alkyl carbamates (subject to hydrolysis) is 1. The van der Waals surface area contributed by atoms with Gasteiger partial charge in [0.1, 0.15) is 40.8 Å². The van der Waals surface area contributed by atoms with Gasteiger partial charge in [0.05, 0.1) is 18.4 Å². The van der Waals surface area contributed by atoms with E-state index in [0.29, 0.717) is 42.9 Å². The monoisotopic (exact) mass is 781 g/mol. The fourth-order valence-electron chi connectivity index (χ4n) is 6.46. The lowest BCUT2D eigenvalue weighted by molar-refractivity contribution is -0.142. The zero-order valence-corrected chi connectivity index (χ0v) is 31.8. The summed E-state index contributed by atoms with van der Waals surface area (Å²) in [6.07, 6.45) is 2.82. The Morgan fingerprint density at radius 2 is 1.69 bits per heavy atom. The van der Waals surface area contributed by atoms with Gasteiger partial charge in [-0.15, -0.1) is 0 Å². The Morgan fingerprint density at radius 3 is 2.38 bits per heavy atom. The van der Waals surface area contributed by atoms with Gasteiger partial charge in [0, 0.05) is 24.6 Å². The summed E-state index contributed by atoms with van der Waals surface area (Å²) in [6, 6.07) is 13.2. The van der Waals surface area contributed by atoms with Gasteiger partial charge >= 0.3 is 12.2 Å². The van der Waals surface area contributed by atoms with Crippen LogP contribution in [0.2, 0.25) is 0 Å². The smallest absolute Gasteiger partial charge is 0.411 e. The van der Waals surface area contributed by atoms with Crippen molar-refractivity contribution in [3.63, 3.8) is 0 Å². The number of ether oxygens (including phenoxy) is 4. The number of hydrogen-bond donors (Lipinski definition) is 4. The quantitative estimate of drug-likeness (QED) is 0.284. The lowest BCUT2D eigenvalue weighted by atomic mass is 10.1. The molecule has 0 aromatic heterocycles. The van der Waals surface area contributed by atoms with E-state index in [1.807, 2.05) is 24.3 Å². The largest absolute Gasteiger partial charge is 0.457 e. The first-order valence-corrected chi connectivity index (χ1v) is 19.9. The molecule has 6 rings (SSSR count). The number of para-hydroxylation sites is 1. The molecule has 55 heavy (non-hydrogen) atoms. The molecule has 5 atom stereocenters. The second-order valence-corrected chi connectivity index (χ2v) is 17.1. The molecule has 0 bridgehead atoms. The predicted octanol–water partition coefficient (Wildman–Crippen LogP) is 3.74. The summed E-state index contributed by atoms with van der Waals surface area (Å²) in [4.78, 5) is 69.1. The van der Waals surface area contributed by atoms with E-state index < -0.39 is 80.4 Å². The van der Waals surface area contributed by atoms with Crippen LogP contribution in [0.3, 0.4) is 0 Å². The molecule has 0 spiro atoms. The Hall–Kier alpha value is -5.16. The van der Waals surface area contributed by atoms with E-state index in [1.165, 1.54) is 4.90 Å². The summed E-state index contributed by atoms with van der Waals surface area (Å²) in [5, 5.41) is 7.29. The molecule has 5 amide bonds. The van der Waals surface area contributed by atoms with Crippen LogP contribution in [0.4, 0.5) is 15.3 Å². The van der Waals surface area contributed by atoms with Crippen molar-refractivity contribution in [2.45, 2.75) is 93.9 Å². The van der Waals surface area contributed by atoms with Gasteiger partial charge < -0.3 is 34.5 Å². The summed E-state index contributed by atoms with van der Waals surface area (Å²) >= 11 is 0. The summed E-state index contributed by atoms with van der Waals surface area (Å²) < 4.78 is 50.4. The van der Waals surface area contributed by atoms with E-state index in [4.69, 9.17) is 18.9 Å². The van der Waals surface area contributed by atoms with Crippen LogP contribution in [-0.2, 0) is 38.6 Å². The predicted molar refractivity (Wildman–Crippen MR) is 198 cm³/mol. The van der Waals surface area contributed by atoms with Crippen LogP contribution in [0.15, 0.2) is 66.7 Å². The molecule has 0 radical (unpaired) electrons. The number of carbonyl (C=O) groups excluding carboxylic acids is 5. The van der Waals surface area contributed by atoms with Gasteiger partial charge in [-0.05, 0) is 89.3 Å². The molecule has 0 unspecified atom stereocenters. The van der Waals surface area contributed by atoms with E-state index in [-0.39, 0.29) is 32.6 Å². The normalized spacial score (nSPS) is 25.8. The summed E-state index contributed by atoms with van der Waals surface area (Å²) in [7, 11) is -3.93. The minimum Gasteiger partial charge on any atom is -0.457 e. The number of nitrogens with zero attached hydrogens (tertiary/aromatic N) is 1. The first-order chi connectivity index (χ1) is 26.1. The van der Waals surface area contributed by atoms with Crippen molar-refractivity contribution in [2.24, 2.45) is 5.92 Å². The van der Waals surface area contributed by atoms with Crippen molar-refractivity contribution in [1.29, 1.82) is 0 Å². The molecule has 296 valence electrons. The minimum atomic E-state index is -3.93. The zero-order valence-electron chi connectivity index (χ0n) is 30.9. The number of sulfonamides is 1.